The molecule has 0 bridgehead atoms. The van der Waals surface area contributed by atoms with Gasteiger partial charge in [0.2, 0.25) is 11.5 Å². The molecular formula is C42H50N6O4S2. The van der Waals surface area contributed by atoms with Gasteiger partial charge in [0, 0.05) is 73.0 Å². The highest BCUT2D eigenvalue weighted by Gasteiger charge is 2.36. The van der Waals surface area contributed by atoms with Crippen LogP contribution < -0.4 is 24.8 Å². The van der Waals surface area contributed by atoms with Crippen LogP contribution in [0.2, 0.25) is 0 Å². The average molecular weight is 767 g/mol. The van der Waals surface area contributed by atoms with Crippen LogP contribution in [-0.2, 0) is 13.1 Å². The molecule has 0 saturated carbocycles. The first-order valence-corrected chi connectivity index (χ1v) is 20.5. The van der Waals surface area contributed by atoms with Crippen molar-refractivity contribution in [3.8, 4) is 38.4 Å². The Bertz CT molecular complexity index is 1980. The molecule has 2 aromatic heterocycles. The normalized spacial score (nSPS) is 18.7. The van der Waals surface area contributed by atoms with E-state index in [0.717, 1.165) is 59.4 Å². The number of fused-ring (bicyclic) bond motifs is 1. The van der Waals surface area contributed by atoms with E-state index in [2.05, 4.69) is 52.2 Å². The zero-order chi connectivity index (χ0) is 37.5. The van der Waals surface area contributed by atoms with Crippen LogP contribution in [0.4, 0.5) is 0 Å². The van der Waals surface area contributed by atoms with Gasteiger partial charge in [-0.25, -0.2) is 9.97 Å². The van der Waals surface area contributed by atoms with Crippen LogP contribution in [0.15, 0.2) is 83.6 Å². The molecule has 10 nitrogen and oxygen atoms in total. The first-order chi connectivity index (χ1) is 26.2. The summed E-state index contributed by atoms with van der Waals surface area (Å²) >= 11 is 3.32. The third-order valence-corrected chi connectivity index (χ3v) is 11.8. The summed E-state index contributed by atoms with van der Waals surface area (Å²) in [6.45, 7) is 8.86. The lowest BCUT2D eigenvalue weighted by Crippen LogP contribution is -2.40. The van der Waals surface area contributed by atoms with Crippen LogP contribution in [-0.4, -0.2) is 83.9 Å². The molecule has 8 rings (SSSR count). The summed E-state index contributed by atoms with van der Waals surface area (Å²) in [5.41, 5.74) is 4.82. The molecule has 0 unspecified atom stereocenters. The monoisotopic (exact) mass is 766 g/mol. The quantitative estimate of drug-likeness (QED) is 0.132. The van der Waals surface area contributed by atoms with Gasteiger partial charge in [-0.05, 0) is 58.0 Å². The summed E-state index contributed by atoms with van der Waals surface area (Å²) in [5.74, 6) is 0.647. The van der Waals surface area contributed by atoms with Crippen molar-refractivity contribution in [3.63, 3.8) is 0 Å². The second-order valence-electron chi connectivity index (χ2n) is 14.5. The van der Waals surface area contributed by atoms with Crippen molar-refractivity contribution in [1.82, 2.24) is 30.4 Å². The van der Waals surface area contributed by atoms with E-state index in [0.29, 0.717) is 41.9 Å². The topological polar surface area (TPSA) is 101 Å². The third kappa shape index (κ3) is 9.48. The first-order valence-electron chi connectivity index (χ1n) is 18.8. The summed E-state index contributed by atoms with van der Waals surface area (Å²) in [7, 11) is 3.79. The molecule has 284 valence electrons. The van der Waals surface area contributed by atoms with Gasteiger partial charge in [0.05, 0.1) is 25.0 Å². The second kappa shape index (κ2) is 17.4. The molecule has 12 heteroatoms. The highest BCUT2D eigenvalue weighted by molar-refractivity contribution is 7.13. The van der Waals surface area contributed by atoms with Crippen LogP contribution in [0.5, 0.6) is 17.2 Å². The average Bonchev–Trinajstić information content (AvgIpc) is 4.04. The van der Waals surface area contributed by atoms with Gasteiger partial charge in [-0.1, -0.05) is 60.7 Å². The SMILES string of the molecule is CN1CCC[C@H]1CNCc1csc(-c2ccccc2)n1.COc1cc(C(=O)N(Cc2csc(-c3ccccc3)n2)C[C@@H]2CCCN2)cc2c1OC(C)(C)O2. The highest BCUT2D eigenvalue weighted by atomic mass is 32.1. The zero-order valence-corrected chi connectivity index (χ0v) is 33.2. The standard InChI is InChI=1S/C26H29N3O4S.C16H21N3S/c1-26(2)32-22-13-18(12-21(31-3)23(22)33-26)25(30)29(14-19-10-7-11-27-19)15-20-16-34-24(28-20)17-8-5-4-6-9-17;1-19-9-5-8-15(19)11-17-10-14-12-20-16(18-14)13-6-3-2-4-7-13/h4-6,8-9,12-13,16,19,27H,7,10-11,14-15H2,1-3H3;2-4,6-7,12,15,17H,5,8-11H2,1H3/t19-;15-/m00/s1. The molecule has 5 aromatic rings. The lowest BCUT2D eigenvalue weighted by atomic mass is 10.1. The molecule has 2 N–H and O–H groups in total. The number of aromatic nitrogens is 2. The Hall–Kier alpha value is -4.33. The number of rotatable bonds is 12. The van der Waals surface area contributed by atoms with Crippen LogP contribution >= 0.6 is 22.7 Å². The number of carbonyl (C=O) groups excluding carboxylic acids is 1. The smallest absolute Gasteiger partial charge is 0.254 e. The lowest BCUT2D eigenvalue weighted by Gasteiger charge is -2.25. The van der Waals surface area contributed by atoms with E-state index in [1.165, 1.54) is 24.9 Å². The van der Waals surface area contributed by atoms with E-state index < -0.39 is 5.79 Å². The lowest BCUT2D eigenvalue weighted by molar-refractivity contribution is -0.0439. The van der Waals surface area contributed by atoms with E-state index in [9.17, 15) is 4.79 Å². The van der Waals surface area contributed by atoms with Crippen molar-refractivity contribution >= 4 is 28.6 Å². The molecule has 54 heavy (non-hydrogen) atoms. The Kier molecular flexibility index (Phi) is 12.3. The zero-order valence-electron chi connectivity index (χ0n) is 31.5. The first kappa shape index (κ1) is 38.0. The number of ether oxygens (including phenoxy) is 3. The molecule has 2 saturated heterocycles. The number of thiazole rings is 2. The Morgan fingerprint density at radius 2 is 1.65 bits per heavy atom. The summed E-state index contributed by atoms with van der Waals surface area (Å²) in [6.07, 6.45) is 4.82. The number of likely N-dealkylation sites (tertiary alicyclic amines) is 1. The molecule has 0 spiro atoms. The number of carbonyl (C=O) groups is 1. The van der Waals surface area contributed by atoms with Crippen molar-refractivity contribution in [2.45, 2.75) is 70.5 Å². The van der Waals surface area contributed by atoms with Crippen LogP contribution in [0, 0.1) is 0 Å². The number of likely N-dealkylation sites (N-methyl/N-ethyl adjacent to an activating group) is 1. The maximum Gasteiger partial charge on any atom is 0.254 e. The molecule has 3 aliphatic rings. The predicted molar refractivity (Wildman–Crippen MR) is 217 cm³/mol. The minimum absolute atomic E-state index is 0.0858. The summed E-state index contributed by atoms with van der Waals surface area (Å²) in [4.78, 5) is 27.6. The number of hydrogen-bond donors (Lipinski definition) is 2. The third-order valence-electron chi connectivity index (χ3n) is 9.94. The molecular weight excluding hydrogens is 717 g/mol. The van der Waals surface area contributed by atoms with Crippen molar-refractivity contribution in [1.29, 1.82) is 0 Å². The van der Waals surface area contributed by atoms with Gasteiger partial charge in [-0.15, -0.1) is 22.7 Å². The minimum atomic E-state index is -0.806. The van der Waals surface area contributed by atoms with Crippen molar-refractivity contribution in [2.75, 3.05) is 40.3 Å². The van der Waals surface area contributed by atoms with E-state index in [1.807, 2.05) is 60.5 Å². The van der Waals surface area contributed by atoms with Gasteiger partial charge in [-0.3, -0.25) is 4.79 Å². The van der Waals surface area contributed by atoms with Crippen LogP contribution in [0.25, 0.3) is 21.1 Å². The van der Waals surface area contributed by atoms with Gasteiger partial charge < -0.3 is 34.6 Å². The van der Waals surface area contributed by atoms with Gasteiger partial charge in [-0.2, -0.15) is 0 Å². The maximum absolute atomic E-state index is 13.8. The van der Waals surface area contributed by atoms with Crippen molar-refractivity contribution in [3.05, 3.63) is 101 Å². The Balaban J connectivity index is 0.000000191. The van der Waals surface area contributed by atoms with E-state index in [4.69, 9.17) is 24.2 Å². The van der Waals surface area contributed by atoms with Crippen LogP contribution in [0.3, 0.4) is 0 Å². The molecule has 2 atom stereocenters. The van der Waals surface area contributed by atoms with Crippen molar-refractivity contribution in [2.24, 2.45) is 0 Å². The van der Waals surface area contributed by atoms with Gasteiger partial charge in [0.25, 0.3) is 5.91 Å². The largest absolute Gasteiger partial charge is 0.493 e. The number of nitrogens with zero attached hydrogens (tertiary/aromatic N) is 4. The Morgan fingerprint density at radius 3 is 2.28 bits per heavy atom. The van der Waals surface area contributed by atoms with Crippen LogP contribution in [0.1, 0.15) is 61.3 Å². The van der Waals surface area contributed by atoms with E-state index >= 15 is 0 Å². The van der Waals surface area contributed by atoms with E-state index in [1.54, 1.807) is 41.9 Å². The molecule has 3 aliphatic heterocycles. The molecule has 3 aromatic carbocycles. The van der Waals surface area contributed by atoms with E-state index in [-0.39, 0.29) is 11.9 Å². The highest BCUT2D eigenvalue weighted by Crippen LogP contribution is 2.47. The Morgan fingerprint density at radius 1 is 0.963 bits per heavy atom. The second-order valence-corrected chi connectivity index (χ2v) is 16.2. The number of methoxy groups -OCH3 is 1. The molecule has 5 heterocycles. The molecule has 1 amide bonds. The predicted octanol–water partition coefficient (Wildman–Crippen LogP) is 7.71. The van der Waals surface area contributed by atoms with Gasteiger partial charge >= 0.3 is 0 Å². The maximum atomic E-state index is 13.8. The summed E-state index contributed by atoms with van der Waals surface area (Å²) in [5, 5.41) is 13.3. The number of hydrogen-bond acceptors (Lipinski definition) is 11. The fourth-order valence-corrected chi connectivity index (χ4v) is 8.78. The summed E-state index contributed by atoms with van der Waals surface area (Å²) < 4.78 is 17.3. The fourth-order valence-electron chi connectivity index (χ4n) is 7.13. The molecule has 0 aliphatic carbocycles. The van der Waals surface area contributed by atoms with Gasteiger partial charge in [0.1, 0.15) is 10.0 Å². The molecule has 2 fully saturated rings. The molecule has 0 radical (unpaired) electrons. The van der Waals surface area contributed by atoms with Crippen molar-refractivity contribution < 1.29 is 19.0 Å². The number of benzene rings is 3. The number of amides is 1. The number of nitrogens with one attached hydrogen (secondary N) is 2. The fraction of sp³-hybridized carbons (Fsp3) is 0.405. The minimum Gasteiger partial charge on any atom is -0.493 e. The van der Waals surface area contributed by atoms with Gasteiger partial charge in [0.15, 0.2) is 11.5 Å². The Labute approximate surface area is 326 Å². The summed E-state index contributed by atoms with van der Waals surface area (Å²) in [6, 6.07) is 24.9.